The zero-order chi connectivity index (χ0) is 16.5. The summed E-state index contributed by atoms with van der Waals surface area (Å²) in [7, 11) is 0. The van der Waals surface area contributed by atoms with Gasteiger partial charge in [-0.3, -0.25) is 0 Å². The van der Waals surface area contributed by atoms with Crippen molar-refractivity contribution in [2.75, 3.05) is 37.6 Å². The highest BCUT2D eigenvalue weighted by Gasteiger charge is 2.33. The highest BCUT2D eigenvalue weighted by atomic mass is 15.2. The molecule has 5 nitrogen and oxygen atoms in total. The van der Waals surface area contributed by atoms with E-state index in [1.54, 1.807) is 6.33 Å². The maximum absolute atomic E-state index is 4.57. The molecule has 1 unspecified atom stereocenters. The van der Waals surface area contributed by atoms with Crippen molar-refractivity contribution in [2.24, 2.45) is 17.8 Å². The van der Waals surface area contributed by atoms with E-state index in [0.29, 0.717) is 0 Å². The van der Waals surface area contributed by atoms with Gasteiger partial charge in [0.25, 0.3) is 0 Å². The summed E-state index contributed by atoms with van der Waals surface area (Å²) in [4.78, 5) is 17.2. The molecule has 2 aromatic heterocycles. The lowest BCUT2D eigenvalue weighted by Gasteiger charge is -2.35. The number of aromatic amines is 1. The number of H-pyrrole nitrogens is 1. The van der Waals surface area contributed by atoms with Crippen molar-refractivity contribution in [2.45, 2.75) is 33.1 Å². The van der Waals surface area contributed by atoms with E-state index in [2.05, 4.69) is 44.7 Å². The van der Waals surface area contributed by atoms with Crippen molar-refractivity contribution in [3.05, 3.63) is 18.6 Å². The van der Waals surface area contributed by atoms with Crippen molar-refractivity contribution in [3.63, 3.8) is 0 Å². The number of hydrogen-bond donors (Lipinski definition) is 1. The predicted octanol–water partition coefficient (Wildman–Crippen LogP) is 3.15. The van der Waals surface area contributed by atoms with Crippen LogP contribution in [0, 0.1) is 17.8 Å². The minimum Gasteiger partial charge on any atom is -0.356 e. The summed E-state index contributed by atoms with van der Waals surface area (Å²) in [5.41, 5.74) is 0.949. The summed E-state index contributed by atoms with van der Waals surface area (Å²) in [5.74, 6) is 3.61. The Bertz CT molecular complexity index is 671. The number of hydrogen-bond acceptors (Lipinski definition) is 4. The summed E-state index contributed by atoms with van der Waals surface area (Å²) in [6, 6.07) is 2.10. The molecule has 2 aromatic rings. The van der Waals surface area contributed by atoms with Gasteiger partial charge in [-0.2, -0.15) is 0 Å². The minimum absolute atomic E-state index is 0.782. The first kappa shape index (κ1) is 15.9. The van der Waals surface area contributed by atoms with Gasteiger partial charge in [-0.25, -0.2) is 9.97 Å². The number of likely N-dealkylation sites (tertiary alicyclic amines) is 1. The Labute approximate surface area is 144 Å². The van der Waals surface area contributed by atoms with Gasteiger partial charge in [-0.15, -0.1) is 0 Å². The molecule has 0 amide bonds. The molecule has 0 spiro atoms. The monoisotopic (exact) mass is 327 g/mol. The molecule has 2 aliphatic rings. The van der Waals surface area contributed by atoms with Crippen molar-refractivity contribution < 1.29 is 0 Å². The number of rotatable bonds is 4. The van der Waals surface area contributed by atoms with Crippen LogP contribution in [-0.2, 0) is 0 Å². The van der Waals surface area contributed by atoms with Gasteiger partial charge in [0.15, 0.2) is 0 Å². The van der Waals surface area contributed by atoms with Crippen LogP contribution in [-0.4, -0.2) is 52.6 Å². The SMILES string of the molecule is CC(C)CN1CCC(C2CCN(c3ncnc4[nH]ccc34)C2)CC1. The molecular formula is C19H29N5. The Kier molecular flexibility index (Phi) is 4.44. The van der Waals surface area contributed by atoms with Crippen LogP contribution < -0.4 is 4.90 Å². The van der Waals surface area contributed by atoms with Gasteiger partial charge >= 0.3 is 0 Å². The van der Waals surface area contributed by atoms with E-state index >= 15 is 0 Å². The van der Waals surface area contributed by atoms with Gasteiger partial charge in [0.1, 0.15) is 17.8 Å². The first-order valence-corrected chi connectivity index (χ1v) is 9.46. The third-order valence-electron chi connectivity index (χ3n) is 5.78. The molecule has 0 bridgehead atoms. The average molecular weight is 327 g/mol. The topological polar surface area (TPSA) is 48.1 Å². The van der Waals surface area contributed by atoms with E-state index < -0.39 is 0 Å². The van der Waals surface area contributed by atoms with Crippen LogP contribution in [0.4, 0.5) is 5.82 Å². The maximum atomic E-state index is 4.57. The first-order chi connectivity index (χ1) is 11.7. The van der Waals surface area contributed by atoms with Gasteiger partial charge in [0.2, 0.25) is 0 Å². The second-order valence-electron chi connectivity index (χ2n) is 7.96. The van der Waals surface area contributed by atoms with Crippen LogP contribution in [0.5, 0.6) is 0 Å². The van der Waals surface area contributed by atoms with E-state index in [1.807, 2.05) is 6.20 Å². The first-order valence-electron chi connectivity index (χ1n) is 9.46. The molecule has 1 atom stereocenters. The Morgan fingerprint density at radius 1 is 1.12 bits per heavy atom. The molecule has 0 aromatic carbocycles. The Morgan fingerprint density at radius 2 is 1.92 bits per heavy atom. The van der Waals surface area contributed by atoms with E-state index in [-0.39, 0.29) is 0 Å². The quantitative estimate of drug-likeness (QED) is 0.937. The molecule has 4 heterocycles. The molecule has 5 heteroatoms. The Morgan fingerprint density at radius 3 is 2.71 bits per heavy atom. The highest BCUT2D eigenvalue weighted by molar-refractivity contribution is 5.87. The molecular weight excluding hydrogens is 298 g/mol. The Balaban J connectivity index is 1.38. The smallest absolute Gasteiger partial charge is 0.142 e. The van der Waals surface area contributed by atoms with Crippen molar-refractivity contribution in [1.82, 2.24) is 19.9 Å². The van der Waals surface area contributed by atoms with Crippen LogP contribution in [0.3, 0.4) is 0 Å². The molecule has 2 aliphatic heterocycles. The highest BCUT2D eigenvalue weighted by Crippen LogP contribution is 2.35. The molecule has 4 rings (SSSR count). The number of piperidine rings is 1. The standard InChI is InChI=1S/C19H29N5/c1-14(2)11-23-8-4-15(5-9-23)16-6-10-24(12-16)19-17-3-7-20-18(17)21-13-22-19/h3,7,13-16H,4-6,8-12H2,1-2H3,(H,20,21,22). The van der Waals surface area contributed by atoms with Gasteiger partial charge in [-0.05, 0) is 56.2 Å². The zero-order valence-electron chi connectivity index (χ0n) is 14.9. The normalized spacial score (nSPS) is 23.6. The van der Waals surface area contributed by atoms with E-state index in [1.165, 1.54) is 38.9 Å². The van der Waals surface area contributed by atoms with Crippen LogP contribution in [0.25, 0.3) is 11.0 Å². The maximum Gasteiger partial charge on any atom is 0.142 e. The lowest BCUT2D eigenvalue weighted by atomic mass is 9.83. The van der Waals surface area contributed by atoms with E-state index in [9.17, 15) is 0 Å². The fourth-order valence-electron chi connectivity index (χ4n) is 4.60. The summed E-state index contributed by atoms with van der Waals surface area (Å²) in [6.07, 6.45) is 7.70. The lowest BCUT2D eigenvalue weighted by molar-refractivity contribution is 0.141. The van der Waals surface area contributed by atoms with Crippen molar-refractivity contribution in [3.8, 4) is 0 Å². The average Bonchev–Trinajstić information content (AvgIpc) is 3.24. The third kappa shape index (κ3) is 3.14. The predicted molar refractivity (Wildman–Crippen MR) is 98.2 cm³/mol. The number of aromatic nitrogens is 3. The van der Waals surface area contributed by atoms with Gasteiger partial charge in [-0.1, -0.05) is 13.8 Å². The van der Waals surface area contributed by atoms with E-state index in [4.69, 9.17) is 0 Å². The van der Waals surface area contributed by atoms with E-state index in [0.717, 1.165) is 47.7 Å². The largest absolute Gasteiger partial charge is 0.356 e. The van der Waals surface area contributed by atoms with Gasteiger partial charge < -0.3 is 14.8 Å². The summed E-state index contributed by atoms with van der Waals surface area (Å²) in [5, 5.41) is 1.16. The molecule has 130 valence electrons. The minimum atomic E-state index is 0.782. The molecule has 0 radical (unpaired) electrons. The fraction of sp³-hybridized carbons (Fsp3) is 0.684. The molecule has 2 saturated heterocycles. The number of nitrogens with zero attached hydrogens (tertiary/aromatic N) is 4. The van der Waals surface area contributed by atoms with Crippen LogP contribution in [0.15, 0.2) is 18.6 Å². The summed E-state index contributed by atoms with van der Waals surface area (Å²) in [6.45, 7) is 10.8. The second-order valence-corrected chi connectivity index (χ2v) is 7.96. The van der Waals surface area contributed by atoms with Crippen LogP contribution in [0.2, 0.25) is 0 Å². The number of fused-ring (bicyclic) bond motifs is 1. The zero-order valence-corrected chi connectivity index (χ0v) is 14.9. The van der Waals surface area contributed by atoms with Gasteiger partial charge in [0, 0.05) is 25.8 Å². The molecule has 1 N–H and O–H groups in total. The third-order valence-corrected chi connectivity index (χ3v) is 5.78. The molecule has 2 fully saturated rings. The summed E-state index contributed by atoms with van der Waals surface area (Å²) < 4.78 is 0. The number of anilines is 1. The Hall–Kier alpha value is -1.62. The van der Waals surface area contributed by atoms with Gasteiger partial charge in [0.05, 0.1) is 5.39 Å². The number of nitrogens with one attached hydrogen (secondary N) is 1. The second kappa shape index (κ2) is 6.71. The summed E-state index contributed by atoms with van der Waals surface area (Å²) >= 11 is 0. The van der Waals surface area contributed by atoms with Crippen molar-refractivity contribution >= 4 is 16.9 Å². The molecule has 24 heavy (non-hydrogen) atoms. The fourth-order valence-corrected chi connectivity index (χ4v) is 4.60. The van der Waals surface area contributed by atoms with Crippen LogP contribution >= 0.6 is 0 Å². The van der Waals surface area contributed by atoms with Crippen molar-refractivity contribution in [1.29, 1.82) is 0 Å². The lowest BCUT2D eigenvalue weighted by Crippen LogP contribution is -2.38. The van der Waals surface area contributed by atoms with Crippen LogP contribution in [0.1, 0.15) is 33.1 Å². The molecule has 0 saturated carbocycles. The molecule has 0 aliphatic carbocycles.